The lowest BCUT2D eigenvalue weighted by molar-refractivity contribution is 0.0516. The average molecular weight is 419 g/mol. The number of fused-ring (bicyclic) bond motifs is 1. The molecule has 0 aliphatic carbocycles. The van der Waals surface area contributed by atoms with Gasteiger partial charge in [0.15, 0.2) is 11.3 Å². The SMILES string of the molecule is CCOC(=O)c1nnc2c(-c3ccccc3)c(C)nn2c1CSc1ccc(C)cc1. The third-order valence-electron chi connectivity index (χ3n) is 4.74. The number of carbonyl (C=O) groups is 1. The van der Waals surface area contributed by atoms with Crippen LogP contribution in [0.5, 0.6) is 0 Å². The molecule has 2 heterocycles. The van der Waals surface area contributed by atoms with Gasteiger partial charge >= 0.3 is 5.97 Å². The highest BCUT2D eigenvalue weighted by Gasteiger charge is 2.23. The van der Waals surface area contributed by atoms with Crippen molar-refractivity contribution >= 4 is 23.4 Å². The molecule has 0 unspecified atom stereocenters. The molecule has 0 fully saturated rings. The minimum Gasteiger partial charge on any atom is -0.461 e. The zero-order valence-electron chi connectivity index (χ0n) is 17.1. The number of carbonyl (C=O) groups excluding carboxylic acids is 1. The van der Waals surface area contributed by atoms with Crippen molar-refractivity contribution in [1.82, 2.24) is 19.8 Å². The van der Waals surface area contributed by atoms with E-state index in [4.69, 9.17) is 9.84 Å². The van der Waals surface area contributed by atoms with Crippen LogP contribution in [0, 0.1) is 13.8 Å². The molecule has 0 bridgehead atoms. The third-order valence-corrected chi connectivity index (χ3v) is 5.76. The van der Waals surface area contributed by atoms with Gasteiger partial charge in [-0.05, 0) is 38.5 Å². The second kappa shape index (κ2) is 8.67. The molecule has 0 saturated heterocycles. The first-order valence-corrected chi connectivity index (χ1v) is 10.7. The number of nitrogens with zero attached hydrogens (tertiary/aromatic N) is 4. The van der Waals surface area contributed by atoms with Crippen molar-refractivity contribution in [1.29, 1.82) is 0 Å². The van der Waals surface area contributed by atoms with Gasteiger partial charge in [0.1, 0.15) is 0 Å². The Hall–Kier alpha value is -3.19. The largest absolute Gasteiger partial charge is 0.461 e. The van der Waals surface area contributed by atoms with Gasteiger partial charge < -0.3 is 4.74 Å². The van der Waals surface area contributed by atoms with Crippen LogP contribution in [0.15, 0.2) is 59.5 Å². The van der Waals surface area contributed by atoms with E-state index in [0.29, 0.717) is 17.1 Å². The van der Waals surface area contributed by atoms with Crippen LogP contribution in [0.3, 0.4) is 0 Å². The summed E-state index contributed by atoms with van der Waals surface area (Å²) in [5.41, 5.74) is 5.47. The zero-order chi connectivity index (χ0) is 21.1. The van der Waals surface area contributed by atoms with E-state index in [2.05, 4.69) is 41.4 Å². The van der Waals surface area contributed by atoms with Crippen LogP contribution in [0.1, 0.15) is 34.4 Å². The van der Waals surface area contributed by atoms with Gasteiger partial charge in [-0.15, -0.1) is 22.0 Å². The number of hydrogen-bond acceptors (Lipinski definition) is 6. The Balaban J connectivity index is 1.82. The Kier molecular flexibility index (Phi) is 5.81. The highest BCUT2D eigenvalue weighted by atomic mass is 32.2. The summed E-state index contributed by atoms with van der Waals surface area (Å²) in [6, 6.07) is 18.2. The van der Waals surface area contributed by atoms with Crippen LogP contribution < -0.4 is 0 Å². The van der Waals surface area contributed by atoms with Crippen molar-refractivity contribution in [2.45, 2.75) is 31.4 Å². The highest BCUT2D eigenvalue weighted by molar-refractivity contribution is 7.98. The monoisotopic (exact) mass is 418 g/mol. The summed E-state index contributed by atoms with van der Waals surface area (Å²) in [6.07, 6.45) is 0. The second-order valence-corrected chi connectivity index (χ2v) is 7.93. The molecule has 7 heteroatoms. The van der Waals surface area contributed by atoms with Crippen molar-refractivity contribution in [3.63, 3.8) is 0 Å². The Morgan fingerprint density at radius 3 is 2.47 bits per heavy atom. The fourth-order valence-corrected chi connectivity index (χ4v) is 4.16. The Labute approximate surface area is 179 Å². The Morgan fingerprint density at radius 1 is 1.03 bits per heavy atom. The fraction of sp³-hybridized carbons (Fsp3) is 0.217. The Morgan fingerprint density at radius 2 is 1.77 bits per heavy atom. The minimum atomic E-state index is -0.485. The molecule has 30 heavy (non-hydrogen) atoms. The van der Waals surface area contributed by atoms with Crippen molar-refractivity contribution in [2.24, 2.45) is 0 Å². The molecule has 152 valence electrons. The van der Waals surface area contributed by atoms with Crippen molar-refractivity contribution in [2.75, 3.05) is 6.61 Å². The molecule has 4 aromatic rings. The normalized spacial score (nSPS) is 11.0. The number of aromatic nitrogens is 4. The van der Waals surface area contributed by atoms with E-state index in [0.717, 1.165) is 21.7 Å². The van der Waals surface area contributed by atoms with Crippen LogP contribution >= 0.6 is 11.8 Å². The maximum absolute atomic E-state index is 12.6. The smallest absolute Gasteiger partial charge is 0.360 e. The first-order valence-electron chi connectivity index (χ1n) is 9.75. The number of esters is 1. The molecule has 2 aromatic carbocycles. The van der Waals surface area contributed by atoms with Gasteiger partial charge in [-0.1, -0.05) is 48.0 Å². The van der Waals surface area contributed by atoms with Crippen LogP contribution in [0.2, 0.25) is 0 Å². The number of ether oxygens (including phenoxy) is 1. The number of aryl methyl sites for hydroxylation is 2. The molecule has 2 aromatic heterocycles. The van der Waals surface area contributed by atoms with Crippen molar-refractivity contribution < 1.29 is 9.53 Å². The standard InChI is InChI=1S/C23H22N4O2S/c1-4-29-23(28)21-19(14-30-18-12-10-15(2)11-13-18)27-22(25-24-21)20(16(3)26-27)17-8-6-5-7-9-17/h5-13H,4,14H2,1-3H3. The summed E-state index contributed by atoms with van der Waals surface area (Å²) in [7, 11) is 0. The van der Waals surface area contributed by atoms with Crippen LogP contribution in [-0.2, 0) is 10.5 Å². The number of hydrogen-bond donors (Lipinski definition) is 0. The predicted molar refractivity (Wildman–Crippen MR) is 118 cm³/mol. The molecular formula is C23H22N4O2S. The number of rotatable bonds is 6. The topological polar surface area (TPSA) is 69.4 Å². The summed E-state index contributed by atoms with van der Waals surface area (Å²) in [5.74, 6) is 0.0271. The van der Waals surface area contributed by atoms with E-state index in [1.54, 1.807) is 23.2 Å². The maximum Gasteiger partial charge on any atom is 0.360 e. The van der Waals surface area contributed by atoms with Crippen LogP contribution in [0.25, 0.3) is 16.8 Å². The molecule has 0 atom stereocenters. The summed E-state index contributed by atoms with van der Waals surface area (Å²) in [5, 5.41) is 13.3. The third kappa shape index (κ3) is 3.93. The second-order valence-electron chi connectivity index (χ2n) is 6.88. The van der Waals surface area contributed by atoms with Crippen LogP contribution in [-0.4, -0.2) is 32.4 Å². The van der Waals surface area contributed by atoms with E-state index in [9.17, 15) is 4.79 Å². The summed E-state index contributed by atoms with van der Waals surface area (Å²) >= 11 is 1.62. The van der Waals surface area contributed by atoms with Gasteiger partial charge in [0.2, 0.25) is 0 Å². The molecule has 0 saturated carbocycles. The van der Waals surface area contributed by atoms with Crippen molar-refractivity contribution in [3.05, 3.63) is 77.2 Å². The predicted octanol–water partition coefficient (Wildman–Crippen LogP) is 4.88. The molecule has 0 aliphatic heterocycles. The lowest BCUT2D eigenvalue weighted by atomic mass is 10.1. The molecule has 0 amide bonds. The maximum atomic E-state index is 12.6. The van der Waals surface area contributed by atoms with Gasteiger partial charge in [-0.25, -0.2) is 9.31 Å². The molecule has 0 radical (unpaired) electrons. The van der Waals surface area contributed by atoms with E-state index in [1.165, 1.54) is 5.56 Å². The number of benzene rings is 2. The first-order chi connectivity index (χ1) is 14.6. The highest BCUT2D eigenvalue weighted by Crippen LogP contribution is 2.30. The van der Waals surface area contributed by atoms with Gasteiger partial charge in [0.05, 0.1) is 23.6 Å². The van der Waals surface area contributed by atoms with Gasteiger partial charge in [0, 0.05) is 10.6 Å². The zero-order valence-corrected chi connectivity index (χ0v) is 17.9. The lowest BCUT2D eigenvalue weighted by Gasteiger charge is -2.10. The molecule has 6 nitrogen and oxygen atoms in total. The molecule has 4 rings (SSSR count). The average Bonchev–Trinajstić information content (AvgIpc) is 3.10. The summed E-state index contributed by atoms with van der Waals surface area (Å²) in [6.45, 7) is 6.05. The van der Waals surface area contributed by atoms with E-state index >= 15 is 0 Å². The summed E-state index contributed by atoms with van der Waals surface area (Å²) in [4.78, 5) is 13.7. The lowest BCUT2D eigenvalue weighted by Crippen LogP contribution is -2.16. The van der Waals surface area contributed by atoms with E-state index in [-0.39, 0.29) is 12.3 Å². The quantitative estimate of drug-likeness (QED) is 0.328. The first kappa shape index (κ1) is 20.1. The molecule has 0 spiro atoms. The van der Waals surface area contributed by atoms with Crippen molar-refractivity contribution in [3.8, 4) is 11.1 Å². The van der Waals surface area contributed by atoms with E-state index < -0.39 is 5.97 Å². The Bertz CT molecular complexity index is 1190. The molecular weight excluding hydrogens is 396 g/mol. The van der Waals surface area contributed by atoms with Gasteiger partial charge in [-0.3, -0.25) is 0 Å². The van der Waals surface area contributed by atoms with Crippen LogP contribution in [0.4, 0.5) is 0 Å². The van der Waals surface area contributed by atoms with Gasteiger partial charge in [0.25, 0.3) is 0 Å². The number of thioether (sulfide) groups is 1. The minimum absolute atomic E-state index is 0.200. The van der Waals surface area contributed by atoms with Gasteiger partial charge in [-0.2, -0.15) is 5.10 Å². The molecule has 0 N–H and O–H groups in total. The molecule has 0 aliphatic rings. The summed E-state index contributed by atoms with van der Waals surface area (Å²) < 4.78 is 6.95. The van der Waals surface area contributed by atoms with E-state index in [1.807, 2.05) is 37.3 Å². The fourth-order valence-electron chi connectivity index (χ4n) is 3.27.